The molecule has 3 heterocycles. The first-order chi connectivity index (χ1) is 11.3. The van der Waals surface area contributed by atoms with Crippen molar-refractivity contribution in [2.24, 2.45) is 0 Å². The summed E-state index contributed by atoms with van der Waals surface area (Å²) >= 11 is 0. The number of rotatable bonds is 2. The van der Waals surface area contributed by atoms with E-state index in [4.69, 9.17) is 9.47 Å². The van der Waals surface area contributed by atoms with Crippen LogP contribution >= 0.6 is 0 Å². The average Bonchev–Trinajstić information content (AvgIpc) is 3.28. The Morgan fingerprint density at radius 3 is 2.39 bits per heavy atom. The topological polar surface area (TPSA) is 43.7 Å². The highest BCUT2D eigenvalue weighted by Gasteiger charge is 2.40. The van der Waals surface area contributed by atoms with Gasteiger partial charge < -0.3 is 18.9 Å². The molecule has 5 heteroatoms. The van der Waals surface area contributed by atoms with Crippen molar-refractivity contribution in [2.45, 2.75) is 18.6 Å². The fourth-order valence-electron chi connectivity index (χ4n) is 3.32. The maximum absolute atomic E-state index is 12.8. The first-order valence-corrected chi connectivity index (χ1v) is 8.06. The van der Waals surface area contributed by atoms with Crippen LogP contribution in [0.4, 0.5) is 0 Å². The first-order valence-electron chi connectivity index (χ1n) is 8.06. The average molecular weight is 312 g/mol. The second-order valence-electron chi connectivity index (χ2n) is 6.04. The lowest BCUT2D eigenvalue weighted by atomic mass is 10.0. The van der Waals surface area contributed by atoms with E-state index in [1.807, 2.05) is 58.3 Å². The fourth-order valence-corrected chi connectivity index (χ4v) is 3.32. The number of benzene rings is 1. The molecule has 2 fully saturated rings. The van der Waals surface area contributed by atoms with Crippen molar-refractivity contribution in [1.29, 1.82) is 0 Å². The number of aromatic nitrogens is 1. The Balaban J connectivity index is 1.48. The molecule has 2 aliphatic heterocycles. The molecule has 0 saturated carbocycles. The summed E-state index contributed by atoms with van der Waals surface area (Å²) in [7, 11) is 0. The SMILES string of the molecule is O=C(c1cccc(-n2cccc2)c1)N1CCC2(CC1)OCCO2. The summed E-state index contributed by atoms with van der Waals surface area (Å²) in [5.74, 6) is -0.365. The molecule has 23 heavy (non-hydrogen) atoms. The number of carbonyl (C=O) groups excluding carboxylic acids is 1. The number of likely N-dealkylation sites (tertiary alicyclic amines) is 1. The van der Waals surface area contributed by atoms with E-state index in [-0.39, 0.29) is 5.91 Å². The van der Waals surface area contributed by atoms with E-state index in [1.165, 1.54) is 0 Å². The lowest BCUT2D eigenvalue weighted by Crippen LogP contribution is -2.47. The number of piperidine rings is 1. The Labute approximate surface area is 135 Å². The summed E-state index contributed by atoms with van der Waals surface area (Å²) in [5, 5.41) is 0. The molecule has 0 bridgehead atoms. The van der Waals surface area contributed by atoms with Crippen molar-refractivity contribution in [3.05, 3.63) is 54.4 Å². The van der Waals surface area contributed by atoms with Gasteiger partial charge in [0.25, 0.3) is 5.91 Å². The van der Waals surface area contributed by atoms with Gasteiger partial charge in [-0.3, -0.25) is 4.79 Å². The van der Waals surface area contributed by atoms with Crippen LogP contribution in [0.15, 0.2) is 48.8 Å². The lowest BCUT2D eigenvalue weighted by molar-refractivity contribution is -0.181. The maximum atomic E-state index is 12.8. The second-order valence-corrected chi connectivity index (χ2v) is 6.04. The van der Waals surface area contributed by atoms with E-state index < -0.39 is 5.79 Å². The summed E-state index contributed by atoms with van der Waals surface area (Å²) in [6.07, 6.45) is 5.44. The van der Waals surface area contributed by atoms with Crippen LogP contribution in [0.3, 0.4) is 0 Å². The van der Waals surface area contributed by atoms with Crippen molar-refractivity contribution in [3.63, 3.8) is 0 Å². The van der Waals surface area contributed by atoms with Gasteiger partial charge in [-0.1, -0.05) is 6.07 Å². The van der Waals surface area contributed by atoms with Gasteiger partial charge in [-0.2, -0.15) is 0 Å². The maximum Gasteiger partial charge on any atom is 0.253 e. The number of nitrogens with zero attached hydrogens (tertiary/aromatic N) is 2. The molecule has 1 amide bonds. The number of amides is 1. The summed E-state index contributed by atoms with van der Waals surface area (Å²) in [5.41, 5.74) is 1.72. The summed E-state index contributed by atoms with van der Waals surface area (Å²) < 4.78 is 13.4. The van der Waals surface area contributed by atoms with Crippen molar-refractivity contribution in [3.8, 4) is 5.69 Å². The minimum atomic E-state index is -0.441. The van der Waals surface area contributed by atoms with Crippen molar-refractivity contribution in [1.82, 2.24) is 9.47 Å². The molecule has 0 unspecified atom stereocenters. The predicted molar refractivity (Wildman–Crippen MR) is 85.5 cm³/mol. The number of carbonyl (C=O) groups is 1. The van der Waals surface area contributed by atoms with Gasteiger partial charge in [-0.05, 0) is 30.3 Å². The Morgan fingerprint density at radius 1 is 1.00 bits per heavy atom. The highest BCUT2D eigenvalue weighted by atomic mass is 16.7. The number of hydrogen-bond donors (Lipinski definition) is 0. The van der Waals surface area contributed by atoms with Crippen LogP contribution in [0.1, 0.15) is 23.2 Å². The lowest BCUT2D eigenvalue weighted by Gasteiger charge is -2.37. The van der Waals surface area contributed by atoms with Gasteiger partial charge in [-0.15, -0.1) is 0 Å². The van der Waals surface area contributed by atoms with Crippen LogP contribution < -0.4 is 0 Å². The highest BCUT2D eigenvalue weighted by Crippen LogP contribution is 2.31. The molecule has 0 N–H and O–H groups in total. The van der Waals surface area contributed by atoms with Crippen molar-refractivity contribution >= 4 is 5.91 Å². The number of hydrogen-bond acceptors (Lipinski definition) is 3. The van der Waals surface area contributed by atoms with E-state index in [0.29, 0.717) is 26.3 Å². The molecule has 2 aliphatic rings. The molecule has 1 aromatic carbocycles. The van der Waals surface area contributed by atoms with Gasteiger partial charge in [0.05, 0.1) is 13.2 Å². The molecule has 2 saturated heterocycles. The predicted octanol–water partition coefficient (Wildman–Crippen LogP) is 2.46. The monoisotopic (exact) mass is 312 g/mol. The van der Waals surface area contributed by atoms with Crippen LogP contribution in [0.2, 0.25) is 0 Å². The van der Waals surface area contributed by atoms with Gasteiger partial charge in [0, 0.05) is 49.6 Å². The minimum Gasteiger partial charge on any atom is -0.347 e. The zero-order chi connectivity index (χ0) is 15.7. The van der Waals surface area contributed by atoms with E-state index in [0.717, 1.165) is 24.1 Å². The van der Waals surface area contributed by atoms with Crippen LogP contribution in [-0.4, -0.2) is 47.5 Å². The van der Waals surface area contributed by atoms with Crippen molar-refractivity contribution in [2.75, 3.05) is 26.3 Å². The largest absolute Gasteiger partial charge is 0.347 e. The van der Waals surface area contributed by atoms with Crippen LogP contribution in [0.5, 0.6) is 0 Å². The molecule has 1 aromatic heterocycles. The third kappa shape index (κ3) is 2.78. The van der Waals surface area contributed by atoms with E-state index in [9.17, 15) is 4.79 Å². The minimum absolute atomic E-state index is 0.0758. The van der Waals surface area contributed by atoms with Crippen LogP contribution in [0.25, 0.3) is 5.69 Å². The first kappa shape index (κ1) is 14.5. The van der Waals surface area contributed by atoms with Crippen molar-refractivity contribution < 1.29 is 14.3 Å². The molecule has 4 rings (SSSR count). The molecule has 0 atom stereocenters. The van der Waals surface area contributed by atoms with Gasteiger partial charge >= 0.3 is 0 Å². The zero-order valence-corrected chi connectivity index (χ0v) is 13.0. The summed E-state index contributed by atoms with van der Waals surface area (Å²) in [6, 6.07) is 11.7. The second kappa shape index (κ2) is 5.83. The molecule has 2 aromatic rings. The third-order valence-electron chi connectivity index (χ3n) is 4.62. The standard InChI is InChI=1S/C18H20N2O3/c21-17(20-10-6-18(7-11-20)22-12-13-23-18)15-4-3-5-16(14-15)19-8-1-2-9-19/h1-5,8-9,14H,6-7,10-13H2. The van der Waals surface area contributed by atoms with Gasteiger partial charge in [0.15, 0.2) is 5.79 Å². The normalized spacial score (nSPS) is 20.1. The number of ether oxygens (including phenoxy) is 2. The highest BCUT2D eigenvalue weighted by molar-refractivity contribution is 5.94. The van der Waals surface area contributed by atoms with Gasteiger partial charge in [0.1, 0.15) is 0 Å². The summed E-state index contributed by atoms with van der Waals surface area (Å²) in [4.78, 5) is 14.7. The molecule has 0 aliphatic carbocycles. The van der Waals surface area contributed by atoms with Crippen LogP contribution in [-0.2, 0) is 9.47 Å². The molecule has 5 nitrogen and oxygen atoms in total. The molecule has 120 valence electrons. The third-order valence-corrected chi connectivity index (χ3v) is 4.62. The zero-order valence-electron chi connectivity index (χ0n) is 13.0. The molecule has 1 spiro atoms. The van der Waals surface area contributed by atoms with E-state index >= 15 is 0 Å². The Morgan fingerprint density at radius 2 is 1.70 bits per heavy atom. The van der Waals surface area contributed by atoms with Gasteiger partial charge in [0.2, 0.25) is 0 Å². The quantitative estimate of drug-likeness (QED) is 0.855. The Hall–Kier alpha value is -2.11. The molecular formula is C18H20N2O3. The van der Waals surface area contributed by atoms with E-state index in [2.05, 4.69) is 0 Å². The smallest absolute Gasteiger partial charge is 0.253 e. The van der Waals surface area contributed by atoms with E-state index in [1.54, 1.807) is 0 Å². The summed E-state index contributed by atoms with van der Waals surface area (Å²) in [6.45, 7) is 2.67. The van der Waals surface area contributed by atoms with Crippen LogP contribution in [0, 0.1) is 0 Å². The Bertz CT molecular complexity index is 680. The molecular weight excluding hydrogens is 292 g/mol. The van der Waals surface area contributed by atoms with Gasteiger partial charge in [-0.25, -0.2) is 0 Å². The Kier molecular flexibility index (Phi) is 3.67. The molecule has 0 radical (unpaired) electrons. The fraction of sp³-hybridized carbons (Fsp3) is 0.389.